The Bertz CT molecular complexity index is 1310. The van der Waals surface area contributed by atoms with Crippen LogP contribution in [0.2, 0.25) is 0 Å². The fraction of sp³-hybridized carbons (Fsp3) is 0.368. The first-order chi connectivity index (χ1) is 14.8. The minimum atomic E-state index is -3.77. The number of aromatic nitrogens is 1. The third-order valence-electron chi connectivity index (χ3n) is 5.20. The van der Waals surface area contributed by atoms with E-state index < -0.39 is 26.9 Å². The molecule has 164 valence electrons. The number of aryl methyl sites for hydroxylation is 1. The summed E-state index contributed by atoms with van der Waals surface area (Å²) in [5.74, 6) is -0.511. The summed E-state index contributed by atoms with van der Waals surface area (Å²) in [6.07, 6.45) is 1.85. The number of rotatable bonds is 5. The molecule has 0 bridgehead atoms. The Kier molecular flexibility index (Phi) is 6.06. The molecule has 0 radical (unpaired) electrons. The van der Waals surface area contributed by atoms with Gasteiger partial charge in [-0.3, -0.25) is 14.9 Å². The summed E-state index contributed by atoms with van der Waals surface area (Å²) in [5, 5.41) is 12.8. The van der Waals surface area contributed by atoms with E-state index in [0.29, 0.717) is 29.7 Å². The minimum absolute atomic E-state index is 0.0362. The van der Waals surface area contributed by atoms with Crippen molar-refractivity contribution in [3.05, 3.63) is 50.6 Å². The lowest BCUT2D eigenvalue weighted by Gasteiger charge is -2.31. The maximum atomic E-state index is 13.1. The summed E-state index contributed by atoms with van der Waals surface area (Å²) in [5.41, 5.74) is 0.589. The molecule has 0 saturated carbocycles. The first-order valence-electron chi connectivity index (χ1n) is 9.74. The Hall–Kier alpha value is -2.41. The van der Waals surface area contributed by atoms with Crippen LogP contribution in [0.15, 0.2) is 44.9 Å². The predicted molar refractivity (Wildman–Crippen MR) is 119 cm³/mol. The Morgan fingerprint density at radius 1 is 1.32 bits per heavy atom. The average Bonchev–Trinajstić information content (AvgIpc) is 3.41. The van der Waals surface area contributed by atoms with Crippen LogP contribution in [0.3, 0.4) is 0 Å². The molecule has 9 nitrogen and oxygen atoms in total. The van der Waals surface area contributed by atoms with Gasteiger partial charge < -0.3 is 4.57 Å². The van der Waals surface area contributed by atoms with E-state index in [1.165, 1.54) is 33.8 Å². The molecule has 12 heteroatoms. The zero-order valence-electron chi connectivity index (χ0n) is 16.6. The summed E-state index contributed by atoms with van der Waals surface area (Å²) < 4.78 is 30.1. The van der Waals surface area contributed by atoms with Gasteiger partial charge in [-0.25, -0.2) is 8.42 Å². The molecule has 1 unspecified atom stereocenters. The van der Waals surface area contributed by atoms with Crippen molar-refractivity contribution in [3.63, 3.8) is 0 Å². The second-order valence-corrected chi connectivity index (χ2v) is 11.1. The van der Waals surface area contributed by atoms with Crippen molar-refractivity contribution < 1.29 is 18.1 Å². The van der Waals surface area contributed by atoms with Crippen LogP contribution < -0.4 is 4.80 Å². The van der Waals surface area contributed by atoms with Gasteiger partial charge in [0.1, 0.15) is 10.3 Å². The lowest BCUT2D eigenvalue weighted by Crippen LogP contribution is -2.47. The lowest BCUT2D eigenvalue weighted by molar-refractivity contribution is -0.384. The molecule has 0 spiro atoms. The number of thiophene rings is 1. The van der Waals surface area contributed by atoms with Crippen LogP contribution in [0.1, 0.15) is 26.2 Å². The number of hydrogen-bond donors (Lipinski definition) is 0. The van der Waals surface area contributed by atoms with Gasteiger partial charge in [-0.1, -0.05) is 23.8 Å². The smallest absolute Gasteiger partial charge is 0.271 e. The van der Waals surface area contributed by atoms with Crippen molar-refractivity contribution >= 4 is 54.5 Å². The highest BCUT2D eigenvalue weighted by molar-refractivity contribution is 7.91. The first-order valence-corrected chi connectivity index (χ1v) is 12.9. The fourth-order valence-corrected chi connectivity index (χ4v) is 7.55. The molecule has 3 aromatic rings. The SMILES string of the molecule is CCn1c(=NC(=O)C2CCCCN2S(=O)(=O)c2cccs2)sc2ccc([N+](=O)[O-])cc21. The Morgan fingerprint density at radius 3 is 2.81 bits per heavy atom. The van der Waals surface area contributed by atoms with E-state index in [2.05, 4.69) is 4.99 Å². The van der Waals surface area contributed by atoms with Crippen molar-refractivity contribution in [2.75, 3.05) is 6.54 Å². The van der Waals surface area contributed by atoms with Gasteiger partial charge in [0.25, 0.3) is 21.6 Å². The number of hydrogen-bond acceptors (Lipinski definition) is 7. The molecule has 1 aliphatic heterocycles. The molecular weight excluding hydrogens is 460 g/mol. The first kappa shape index (κ1) is 21.8. The van der Waals surface area contributed by atoms with Gasteiger partial charge in [0.2, 0.25) is 0 Å². The maximum absolute atomic E-state index is 13.1. The summed E-state index contributed by atoms with van der Waals surface area (Å²) in [7, 11) is -3.77. The topological polar surface area (TPSA) is 115 Å². The van der Waals surface area contributed by atoms with Gasteiger partial charge in [-0.2, -0.15) is 9.30 Å². The summed E-state index contributed by atoms with van der Waals surface area (Å²) in [4.78, 5) is 28.5. The molecule has 31 heavy (non-hydrogen) atoms. The van der Waals surface area contributed by atoms with E-state index in [1.54, 1.807) is 22.1 Å². The van der Waals surface area contributed by atoms with Crippen LogP contribution in [0, 0.1) is 10.1 Å². The Balaban J connectivity index is 1.75. The third kappa shape index (κ3) is 4.07. The summed E-state index contributed by atoms with van der Waals surface area (Å²) in [6.45, 7) is 2.61. The number of non-ortho nitro benzene ring substituents is 1. The quantitative estimate of drug-likeness (QED) is 0.410. The van der Waals surface area contributed by atoms with Crippen molar-refractivity contribution in [2.24, 2.45) is 4.99 Å². The standard InChI is InChI=1S/C19H20N4O5S3/c1-2-21-15-12-13(23(25)26)8-9-16(15)30-19(21)20-18(24)14-6-3-4-10-22(14)31(27,28)17-7-5-11-29-17/h5,7-9,11-12,14H,2-4,6,10H2,1H3. The van der Waals surface area contributed by atoms with E-state index in [-0.39, 0.29) is 16.4 Å². The number of benzene rings is 1. The third-order valence-corrected chi connectivity index (χ3v) is 9.54. The van der Waals surface area contributed by atoms with E-state index in [4.69, 9.17) is 0 Å². The summed E-state index contributed by atoms with van der Waals surface area (Å²) >= 11 is 2.38. The second kappa shape index (κ2) is 8.61. The van der Waals surface area contributed by atoms with E-state index in [0.717, 1.165) is 22.5 Å². The van der Waals surface area contributed by atoms with Crippen LogP contribution in [0.25, 0.3) is 10.2 Å². The van der Waals surface area contributed by atoms with Gasteiger partial charge in [-0.15, -0.1) is 11.3 Å². The number of nitro groups is 1. The van der Waals surface area contributed by atoms with Crippen LogP contribution in [0.5, 0.6) is 0 Å². The molecule has 1 aliphatic rings. The van der Waals surface area contributed by atoms with Gasteiger partial charge in [0, 0.05) is 25.2 Å². The average molecular weight is 481 g/mol. The van der Waals surface area contributed by atoms with Crippen molar-refractivity contribution in [1.29, 1.82) is 0 Å². The summed E-state index contributed by atoms with van der Waals surface area (Å²) in [6, 6.07) is 6.88. The normalized spacial score (nSPS) is 18.5. The molecule has 4 rings (SSSR count). The Labute approximate surface area is 186 Å². The molecule has 1 aromatic carbocycles. The van der Waals surface area contributed by atoms with Gasteiger partial charge in [0.15, 0.2) is 4.80 Å². The highest BCUT2D eigenvalue weighted by atomic mass is 32.2. The van der Waals surface area contributed by atoms with Crippen LogP contribution in [0.4, 0.5) is 5.69 Å². The number of sulfonamides is 1. The molecule has 1 atom stereocenters. The van der Waals surface area contributed by atoms with Crippen LogP contribution in [-0.4, -0.2) is 40.7 Å². The zero-order valence-corrected chi connectivity index (χ0v) is 19.1. The molecule has 2 aromatic heterocycles. The fourth-order valence-electron chi connectivity index (χ4n) is 3.70. The van der Waals surface area contributed by atoms with Crippen molar-refractivity contribution in [3.8, 4) is 0 Å². The lowest BCUT2D eigenvalue weighted by atomic mass is 10.0. The molecule has 1 amide bonds. The van der Waals surface area contributed by atoms with Gasteiger partial charge >= 0.3 is 0 Å². The minimum Gasteiger partial charge on any atom is -0.316 e. The van der Waals surface area contributed by atoms with Gasteiger partial charge in [-0.05, 0) is 37.3 Å². The van der Waals surface area contributed by atoms with E-state index >= 15 is 0 Å². The number of carbonyl (C=O) groups excluding carboxylic acids is 1. The number of fused-ring (bicyclic) bond motifs is 1. The number of nitrogens with zero attached hydrogens (tertiary/aromatic N) is 4. The maximum Gasteiger partial charge on any atom is 0.271 e. The van der Waals surface area contributed by atoms with Crippen molar-refractivity contribution in [2.45, 2.75) is 43.0 Å². The number of nitro benzene ring substituents is 1. The van der Waals surface area contributed by atoms with E-state index in [1.807, 2.05) is 6.92 Å². The van der Waals surface area contributed by atoms with Crippen LogP contribution >= 0.6 is 22.7 Å². The zero-order chi connectivity index (χ0) is 22.2. The molecule has 0 N–H and O–H groups in total. The van der Waals surface area contributed by atoms with Gasteiger partial charge in [0.05, 0.1) is 15.1 Å². The largest absolute Gasteiger partial charge is 0.316 e. The number of carbonyl (C=O) groups is 1. The molecule has 3 heterocycles. The second-order valence-electron chi connectivity index (χ2n) is 7.05. The van der Waals surface area contributed by atoms with Crippen molar-refractivity contribution in [1.82, 2.24) is 8.87 Å². The molecular formula is C19H20N4O5S3. The molecule has 1 fully saturated rings. The highest BCUT2D eigenvalue weighted by Crippen LogP contribution is 2.29. The predicted octanol–water partition coefficient (Wildman–Crippen LogP) is 3.36. The molecule has 0 aliphatic carbocycles. The number of thiazole rings is 1. The monoisotopic (exact) mass is 480 g/mol. The van der Waals surface area contributed by atoms with E-state index in [9.17, 15) is 23.3 Å². The number of amides is 1. The molecule has 1 saturated heterocycles. The van der Waals surface area contributed by atoms with Crippen LogP contribution in [-0.2, 0) is 21.4 Å². The Morgan fingerprint density at radius 2 is 2.13 bits per heavy atom. The highest BCUT2D eigenvalue weighted by Gasteiger charge is 2.38. The number of piperidine rings is 1.